The summed E-state index contributed by atoms with van der Waals surface area (Å²) >= 11 is 12.8. The van der Waals surface area contributed by atoms with Crippen molar-refractivity contribution in [1.82, 2.24) is 10.2 Å². The van der Waals surface area contributed by atoms with E-state index in [0.717, 1.165) is 10.8 Å². The predicted octanol–water partition coefficient (Wildman–Crippen LogP) is 5.30. The van der Waals surface area contributed by atoms with Crippen molar-refractivity contribution in [2.75, 3.05) is 18.0 Å². The molecule has 1 aliphatic rings. The SMILES string of the molecule is CC(C)CNC(=O)[C@H](C)N(Cc1c(Cl)cccc1Cl)C(=O)CN1C(=O)c2cccc3cccc1c23. The van der Waals surface area contributed by atoms with Crippen molar-refractivity contribution in [3.63, 3.8) is 0 Å². The Morgan fingerprint density at radius 1 is 0.971 bits per heavy atom. The zero-order valence-electron chi connectivity index (χ0n) is 19.8. The summed E-state index contributed by atoms with van der Waals surface area (Å²) in [6.45, 7) is 5.96. The standard InChI is InChI=1S/C27H27Cl2N3O3/c1-16(2)13-30-26(34)17(3)31(14-20-21(28)10-6-11-22(20)29)24(33)15-32-23-12-5-8-18-7-4-9-19(25(18)23)27(32)35/h4-12,16-17H,13-15H2,1-3H3,(H,30,34)/t17-/m0/s1. The van der Waals surface area contributed by atoms with Crippen molar-refractivity contribution in [2.24, 2.45) is 5.92 Å². The Hall–Kier alpha value is -3.09. The van der Waals surface area contributed by atoms with Crippen LogP contribution in [0.4, 0.5) is 5.69 Å². The number of carbonyl (C=O) groups is 3. The van der Waals surface area contributed by atoms with Crippen molar-refractivity contribution in [2.45, 2.75) is 33.4 Å². The lowest BCUT2D eigenvalue weighted by atomic mass is 10.1. The molecule has 0 saturated heterocycles. The number of rotatable bonds is 8. The molecule has 0 aliphatic carbocycles. The third-order valence-corrected chi connectivity index (χ3v) is 6.89. The minimum atomic E-state index is -0.801. The lowest BCUT2D eigenvalue weighted by Gasteiger charge is -2.31. The van der Waals surface area contributed by atoms with Crippen LogP contribution in [0.25, 0.3) is 10.8 Å². The maximum Gasteiger partial charge on any atom is 0.259 e. The first-order chi connectivity index (χ1) is 16.7. The molecule has 1 aliphatic heterocycles. The van der Waals surface area contributed by atoms with Crippen molar-refractivity contribution in [1.29, 1.82) is 0 Å². The molecule has 0 unspecified atom stereocenters. The first-order valence-corrected chi connectivity index (χ1v) is 12.3. The monoisotopic (exact) mass is 511 g/mol. The van der Waals surface area contributed by atoms with Gasteiger partial charge in [0.25, 0.3) is 5.91 Å². The van der Waals surface area contributed by atoms with Gasteiger partial charge in [-0.1, -0.05) is 67.4 Å². The number of amides is 3. The van der Waals surface area contributed by atoms with Gasteiger partial charge in [0.1, 0.15) is 12.6 Å². The summed E-state index contributed by atoms with van der Waals surface area (Å²) in [6, 6.07) is 15.5. The van der Waals surface area contributed by atoms with Crippen LogP contribution in [0.1, 0.15) is 36.7 Å². The van der Waals surface area contributed by atoms with Gasteiger partial charge in [0.2, 0.25) is 11.8 Å². The van der Waals surface area contributed by atoms with Crippen molar-refractivity contribution in [3.05, 3.63) is 75.8 Å². The van der Waals surface area contributed by atoms with Gasteiger partial charge in [-0.3, -0.25) is 19.3 Å². The van der Waals surface area contributed by atoms with Gasteiger partial charge in [-0.05, 0) is 42.5 Å². The average Bonchev–Trinajstić information content (AvgIpc) is 3.10. The van der Waals surface area contributed by atoms with Gasteiger partial charge in [0.05, 0.1) is 5.69 Å². The molecule has 182 valence electrons. The fourth-order valence-corrected chi connectivity index (χ4v) is 4.77. The summed E-state index contributed by atoms with van der Waals surface area (Å²) in [6.07, 6.45) is 0. The van der Waals surface area contributed by atoms with Crippen molar-refractivity contribution < 1.29 is 14.4 Å². The molecule has 1 atom stereocenters. The minimum absolute atomic E-state index is 0.0345. The van der Waals surface area contributed by atoms with Crippen LogP contribution in [0.2, 0.25) is 10.0 Å². The third kappa shape index (κ3) is 5.00. The number of benzene rings is 3. The van der Waals surface area contributed by atoms with Gasteiger partial charge < -0.3 is 10.2 Å². The molecule has 3 aromatic carbocycles. The highest BCUT2D eigenvalue weighted by atomic mass is 35.5. The molecule has 35 heavy (non-hydrogen) atoms. The number of hydrogen-bond acceptors (Lipinski definition) is 3. The van der Waals surface area contributed by atoms with E-state index in [1.807, 2.05) is 44.2 Å². The molecule has 6 nitrogen and oxygen atoms in total. The Bertz CT molecular complexity index is 1280. The molecule has 0 spiro atoms. The summed E-state index contributed by atoms with van der Waals surface area (Å²) in [7, 11) is 0. The molecule has 0 bridgehead atoms. The normalized spacial score (nSPS) is 13.4. The fraction of sp³-hybridized carbons (Fsp3) is 0.296. The number of nitrogens with zero attached hydrogens (tertiary/aromatic N) is 2. The van der Waals surface area contributed by atoms with E-state index >= 15 is 0 Å². The molecule has 0 fully saturated rings. The van der Waals surface area contributed by atoms with E-state index in [9.17, 15) is 14.4 Å². The molecule has 3 amide bonds. The van der Waals surface area contributed by atoms with Crippen LogP contribution in [-0.4, -0.2) is 41.8 Å². The number of nitrogens with one attached hydrogen (secondary N) is 1. The van der Waals surface area contributed by atoms with Crippen LogP contribution >= 0.6 is 23.2 Å². The summed E-state index contributed by atoms with van der Waals surface area (Å²) in [5.41, 5.74) is 1.80. The second-order valence-corrected chi connectivity index (χ2v) is 9.92. The summed E-state index contributed by atoms with van der Waals surface area (Å²) < 4.78 is 0. The maximum absolute atomic E-state index is 13.7. The molecule has 8 heteroatoms. The van der Waals surface area contributed by atoms with Crippen LogP contribution in [-0.2, 0) is 16.1 Å². The topological polar surface area (TPSA) is 69.7 Å². The van der Waals surface area contributed by atoms with Gasteiger partial charge in [-0.15, -0.1) is 0 Å². The van der Waals surface area contributed by atoms with E-state index in [-0.39, 0.29) is 36.7 Å². The fourth-order valence-electron chi connectivity index (χ4n) is 4.25. The average molecular weight is 512 g/mol. The highest BCUT2D eigenvalue weighted by Gasteiger charge is 2.34. The lowest BCUT2D eigenvalue weighted by molar-refractivity contribution is -0.139. The van der Waals surface area contributed by atoms with Gasteiger partial charge >= 0.3 is 0 Å². The van der Waals surface area contributed by atoms with Gasteiger partial charge in [-0.2, -0.15) is 0 Å². The first-order valence-electron chi connectivity index (χ1n) is 11.5. The molecule has 0 radical (unpaired) electrons. The van der Waals surface area contributed by atoms with Crippen LogP contribution in [0.3, 0.4) is 0 Å². The third-order valence-electron chi connectivity index (χ3n) is 6.18. The molecule has 3 aromatic rings. The van der Waals surface area contributed by atoms with Crippen LogP contribution in [0.5, 0.6) is 0 Å². The van der Waals surface area contributed by atoms with E-state index in [4.69, 9.17) is 23.2 Å². The first kappa shape index (κ1) is 25.0. The van der Waals surface area contributed by atoms with Crippen molar-refractivity contribution in [3.8, 4) is 0 Å². The van der Waals surface area contributed by atoms with Crippen molar-refractivity contribution >= 4 is 57.4 Å². The van der Waals surface area contributed by atoms with Gasteiger partial charge in [0, 0.05) is 39.6 Å². The molecule has 1 N–H and O–H groups in total. The summed E-state index contributed by atoms with van der Waals surface area (Å²) in [5.74, 6) is -0.646. The molecule has 1 heterocycles. The summed E-state index contributed by atoms with van der Waals surface area (Å²) in [4.78, 5) is 42.7. The van der Waals surface area contributed by atoms with E-state index in [1.165, 1.54) is 9.80 Å². The smallest absolute Gasteiger partial charge is 0.259 e. The second-order valence-electron chi connectivity index (χ2n) is 9.11. The predicted molar refractivity (Wildman–Crippen MR) is 140 cm³/mol. The zero-order valence-corrected chi connectivity index (χ0v) is 21.4. The molecule has 0 saturated carbocycles. The van der Waals surface area contributed by atoms with E-state index in [1.54, 1.807) is 31.2 Å². The van der Waals surface area contributed by atoms with E-state index in [0.29, 0.717) is 33.4 Å². The Kier molecular flexibility index (Phi) is 7.33. The molecular formula is C27H27Cl2N3O3. The zero-order chi connectivity index (χ0) is 25.3. The maximum atomic E-state index is 13.7. The number of carbonyl (C=O) groups excluding carboxylic acids is 3. The van der Waals surface area contributed by atoms with Gasteiger partial charge in [-0.25, -0.2) is 0 Å². The van der Waals surface area contributed by atoms with Gasteiger partial charge in [0.15, 0.2) is 0 Å². The number of anilines is 1. The molecule has 4 rings (SSSR count). The Morgan fingerprint density at radius 2 is 1.60 bits per heavy atom. The number of halogens is 2. The number of hydrogen-bond donors (Lipinski definition) is 1. The quantitative estimate of drug-likeness (QED) is 0.446. The Morgan fingerprint density at radius 3 is 2.26 bits per heavy atom. The van der Waals surface area contributed by atoms with Crippen LogP contribution in [0.15, 0.2) is 54.6 Å². The highest BCUT2D eigenvalue weighted by molar-refractivity contribution is 6.36. The second kappa shape index (κ2) is 10.3. The minimum Gasteiger partial charge on any atom is -0.354 e. The molecule has 0 aromatic heterocycles. The largest absolute Gasteiger partial charge is 0.354 e. The highest BCUT2D eigenvalue weighted by Crippen LogP contribution is 2.37. The lowest BCUT2D eigenvalue weighted by Crippen LogP contribution is -2.51. The Balaban J connectivity index is 1.64. The van der Waals surface area contributed by atoms with Crippen LogP contribution < -0.4 is 10.2 Å². The Labute approximate surface area is 214 Å². The molecular weight excluding hydrogens is 485 g/mol. The van der Waals surface area contributed by atoms with Crippen LogP contribution in [0, 0.1) is 5.92 Å². The van der Waals surface area contributed by atoms with E-state index in [2.05, 4.69) is 5.32 Å². The summed E-state index contributed by atoms with van der Waals surface area (Å²) in [5, 5.41) is 5.45. The van der Waals surface area contributed by atoms with E-state index < -0.39 is 6.04 Å².